The highest BCUT2D eigenvalue weighted by Crippen LogP contribution is 2.33. The van der Waals surface area contributed by atoms with Crippen molar-refractivity contribution in [2.24, 2.45) is 17.8 Å². The van der Waals surface area contributed by atoms with Gasteiger partial charge in [0.1, 0.15) is 0 Å². The zero-order chi connectivity index (χ0) is 13.5. The van der Waals surface area contributed by atoms with E-state index in [9.17, 15) is 13.2 Å². The molecule has 5 nitrogen and oxygen atoms in total. The lowest BCUT2D eigenvalue weighted by atomic mass is 10.0. The van der Waals surface area contributed by atoms with Crippen molar-refractivity contribution in [3.63, 3.8) is 0 Å². The Balaban J connectivity index is 2.04. The number of likely N-dealkylation sites (tertiary alicyclic amines) is 1. The Kier molecular flexibility index (Phi) is 3.69. The zero-order valence-corrected chi connectivity index (χ0v) is 12.1. The van der Waals surface area contributed by atoms with Gasteiger partial charge in [-0.05, 0) is 12.8 Å². The number of amides is 1. The highest BCUT2D eigenvalue weighted by Gasteiger charge is 2.48. The van der Waals surface area contributed by atoms with Crippen LogP contribution in [0.25, 0.3) is 0 Å². The molecule has 2 aliphatic heterocycles. The molecule has 0 radical (unpaired) electrons. The Morgan fingerprint density at radius 3 is 2.44 bits per heavy atom. The lowest BCUT2D eigenvalue weighted by molar-refractivity contribution is -0.131. The first-order chi connectivity index (χ1) is 8.35. The summed E-state index contributed by atoms with van der Waals surface area (Å²) in [5, 5.41) is 0. The van der Waals surface area contributed by atoms with Gasteiger partial charge in [0.2, 0.25) is 15.9 Å². The normalized spacial score (nSPS) is 29.3. The smallest absolute Gasteiger partial charge is 0.227 e. The quantitative estimate of drug-likeness (QED) is 0.745. The van der Waals surface area contributed by atoms with Crippen LogP contribution in [0.3, 0.4) is 0 Å². The Morgan fingerprint density at radius 1 is 1.28 bits per heavy atom. The molecule has 0 unspecified atom stereocenters. The van der Waals surface area contributed by atoms with Crippen molar-refractivity contribution in [2.45, 2.75) is 20.8 Å². The summed E-state index contributed by atoms with van der Waals surface area (Å²) in [6, 6.07) is 0. The van der Waals surface area contributed by atoms with E-state index in [2.05, 4.69) is 13.8 Å². The number of carbonyl (C=O) groups excluding carboxylic acids is 1. The summed E-state index contributed by atoms with van der Waals surface area (Å²) in [6.45, 7) is 8.24. The Bertz CT molecular complexity index is 433. The van der Waals surface area contributed by atoms with Gasteiger partial charge in [-0.1, -0.05) is 13.8 Å². The van der Waals surface area contributed by atoms with Gasteiger partial charge in [-0.2, -0.15) is 0 Å². The molecule has 2 aliphatic rings. The topological polar surface area (TPSA) is 57.7 Å². The molecule has 2 heterocycles. The van der Waals surface area contributed by atoms with E-state index < -0.39 is 10.0 Å². The lowest BCUT2D eigenvalue weighted by Crippen LogP contribution is -2.37. The van der Waals surface area contributed by atoms with Gasteiger partial charge in [0.05, 0.1) is 11.7 Å². The summed E-state index contributed by atoms with van der Waals surface area (Å²) >= 11 is 0. The number of hydrogen-bond acceptors (Lipinski definition) is 3. The molecule has 1 amide bonds. The van der Waals surface area contributed by atoms with E-state index in [0.29, 0.717) is 19.0 Å². The zero-order valence-electron chi connectivity index (χ0n) is 11.3. The van der Waals surface area contributed by atoms with Crippen molar-refractivity contribution in [3.8, 4) is 0 Å². The van der Waals surface area contributed by atoms with Crippen molar-refractivity contribution in [2.75, 3.05) is 31.9 Å². The van der Waals surface area contributed by atoms with Crippen LogP contribution in [0, 0.1) is 17.8 Å². The number of sulfonamides is 1. The molecule has 0 spiro atoms. The van der Waals surface area contributed by atoms with Gasteiger partial charge < -0.3 is 4.90 Å². The van der Waals surface area contributed by atoms with Crippen LogP contribution in [0.2, 0.25) is 0 Å². The monoisotopic (exact) mass is 274 g/mol. The van der Waals surface area contributed by atoms with Crippen molar-refractivity contribution < 1.29 is 13.2 Å². The molecule has 2 atom stereocenters. The first-order valence-electron chi connectivity index (χ1n) is 6.61. The number of nitrogens with zero attached hydrogens (tertiary/aromatic N) is 2. The van der Waals surface area contributed by atoms with Crippen LogP contribution in [0.15, 0.2) is 0 Å². The fraction of sp³-hybridized carbons (Fsp3) is 0.917. The summed E-state index contributed by atoms with van der Waals surface area (Å²) in [5.74, 6) is 0.810. The number of carbonyl (C=O) groups is 1. The Hall–Kier alpha value is -0.620. The summed E-state index contributed by atoms with van der Waals surface area (Å²) < 4.78 is 25.1. The third-order valence-electron chi connectivity index (χ3n) is 3.84. The average Bonchev–Trinajstić information content (AvgIpc) is 2.80. The van der Waals surface area contributed by atoms with E-state index in [0.717, 1.165) is 13.1 Å². The van der Waals surface area contributed by atoms with Crippen molar-refractivity contribution in [1.82, 2.24) is 9.21 Å². The predicted octanol–water partition coefficient (Wildman–Crippen LogP) is 0.382. The Morgan fingerprint density at radius 2 is 1.94 bits per heavy atom. The number of rotatable bonds is 4. The number of fused-ring (bicyclic) bond motifs is 1. The fourth-order valence-corrected chi connectivity index (χ4v) is 4.09. The molecule has 0 aliphatic carbocycles. The SMILES string of the molecule is CCS(=O)(=O)N1C[C@H]2CN(CC(C)C)C(=O)[C@H]2C1. The maximum Gasteiger partial charge on any atom is 0.227 e. The van der Waals surface area contributed by atoms with Gasteiger partial charge in [-0.3, -0.25) is 4.79 Å². The largest absolute Gasteiger partial charge is 0.342 e. The molecule has 6 heteroatoms. The van der Waals surface area contributed by atoms with E-state index >= 15 is 0 Å². The second-order valence-corrected chi connectivity index (χ2v) is 7.98. The minimum atomic E-state index is -3.14. The summed E-state index contributed by atoms with van der Waals surface area (Å²) in [5.41, 5.74) is 0. The van der Waals surface area contributed by atoms with Crippen molar-refractivity contribution >= 4 is 15.9 Å². The predicted molar refractivity (Wildman–Crippen MR) is 69.4 cm³/mol. The van der Waals surface area contributed by atoms with Gasteiger partial charge >= 0.3 is 0 Å². The van der Waals surface area contributed by atoms with Crippen LogP contribution in [-0.2, 0) is 14.8 Å². The molecule has 0 aromatic carbocycles. The third kappa shape index (κ3) is 2.40. The first-order valence-corrected chi connectivity index (χ1v) is 8.22. The maximum atomic E-state index is 12.2. The molecule has 0 saturated carbocycles. The molecule has 2 saturated heterocycles. The molecule has 2 rings (SSSR count). The third-order valence-corrected chi connectivity index (χ3v) is 5.65. The van der Waals surface area contributed by atoms with Crippen LogP contribution in [0.1, 0.15) is 20.8 Å². The second kappa shape index (κ2) is 4.81. The first kappa shape index (κ1) is 13.8. The fourth-order valence-electron chi connectivity index (χ4n) is 2.92. The van der Waals surface area contributed by atoms with E-state index in [4.69, 9.17) is 0 Å². The molecule has 0 bridgehead atoms. The molecule has 0 aromatic rings. The van der Waals surface area contributed by atoms with Gasteiger partial charge in [-0.15, -0.1) is 0 Å². The van der Waals surface area contributed by atoms with Crippen molar-refractivity contribution in [1.29, 1.82) is 0 Å². The molecule has 0 aromatic heterocycles. The molecule has 2 fully saturated rings. The average molecular weight is 274 g/mol. The van der Waals surface area contributed by atoms with E-state index in [-0.39, 0.29) is 23.5 Å². The van der Waals surface area contributed by atoms with Crippen LogP contribution in [0.4, 0.5) is 0 Å². The maximum absolute atomic E-state index is 12.2. The minimum Gasteiger partial charge on any atom is -0.342 e. The lowest BCUT2D eigenvalue weighted by Gasteiger charge is -2.22. The van der Waals surface area contributed by atoms with Gasteiger partial charge in [0, 0.05) is 32.1 Å². The summed E-state index contributed by atoms with van der Waals surface area (Å²) in [6.07, 6.45) is 0. The van der Waals surface area contributed by atoms with Gasteiger partial charge in [0.25, 0.3) is 0 Å². The van der Waals surface area contributed by atoms with E-state index in [1.54, 1.807) is 6.92 Å². The summed E-state index contributed by atoms with van der Waals surface area (Å²) in [7, 11) is -3.14. The van der Waals surface area contributed by atoms with Crippen LogP contribution >= 0.6 is 0 Å². The molecular weight excluding hydrogens is 252 g/mol. The van der Waals surface area contributed by atoms with Crippen molar-refractivity contribution in [3.05, 3.63) is 0 Å². The molecule has 18 heavy (non-hydrogen) atoms. The minimum absolute atomic E-state index is 0.106. The molecule has 0 N–H and O–H groups in total. The van der Waals surface area contributed by atoms with Crippen LogP contribution in [-0.4, -0.2) is 55.5 Å². The summed E-state index contributed by atoms with van der Waals surface area (Å²) in [4.78, 5) is 14.1. The van der Waals surface area contributed by atoms with Crippen LogP contribution in [0.5, 0.6) is 0 Å². The molecular formula is C12H22N2O3S. The second-order valence-electron chi connectivity index (χ2n) is 5.72. The number of hydrogen-bond donors (Lipinski definition) is 0. The van der Waals surface area contributed by atoms with Crippen LogP contribution < -0.4 is 0 Å². The van der Waals surface area contributed by atoms with Gasteiger partial charge in [-0.25, -0.2) is 12.7 Å². The van der Waals surface area contributed by atoms with Gasteiger partial charge in [0.15, 0.2) is 0 Å². The van der Waals surface area contributed by atoms with E-state index in [1.165, 1.54) is 4.31 Å². The standard InChI is InChI=1S/C12H22N2O3S/c1-4-18(16,17)14-7-10-6-13(5-9(2)3)12(15)11(10)8-14/h9-11H,4-8H2,1-3H3/t10-,11+/m1/s1. The Labute approximate surface area is 109 Å². The highest BCUT2D eigenvalue weighted by atomic mass is 32.2. The molecule has 104 valence electrons. The highest BCUT2D eigenvalue weighted by molar-refractivity contribution is 7.89. The van der Waals surface area contributed by atoms with E-state index in [1.807, 2.05) is 4.90 Å².